The van der Waals surface area contributed by atoms with Crippen molar-refractivity contribution < 1.29 is 9.32 Å². The van der Waals surface area contributed by atoms with Gasteiger partial charge in [-0.15, -0.1) is 0 Å². The second kappa shape index (κ2) is 5.48. The number of aryl methyl sites for hydroxylation is 1. The average molecular weight is 322 g/mol. The van der Waals surface area contributed by atoms with Gasteiger partial charge in [-0.05, 0) is 12.8 Å². The Kier molecular flexibility index (Phi) is 4.56. The van der Waals surface area contributed by atoms with E-state index >= 15 is 0 Å². The van der Waals surface area contributed by atoms with Gasteiger partial charge in [-0.2, -0.15) is 0 Å². The topological polar surface area (TPSA) is 55.1 Å². The second-order valence-corrected chi connectivity index (χ2v) is 4.68. The van der Waals surface area contributed by atoms with Crippen LogP contribution >= 0.6 is 22.6 Å². The van der Waals surface area contributed by atoms with Crippen molar-refractivity contribution in [1.82, 2.24) is 10.5 Å². The first-order valence-electron chi connectivity index (χ1n) is 4.84. The van der Waals surface area contributed by atoms with Crippen molar-refractivity contribution in [3.63, 3.8) is 0 Å². The molecule has 0 saturated heterocycles. The van der Waals surface area contributed by atoms with Crippen LogP contribution in [0.4, 0.5) is 0 Å². The molecular formula is C10H15IN2O2. The summed E-state index contributed by atoms with van der Waals surface area (Å²) in [5.74, 6) is 0.900. The predicted molar refractivity (Wildman–Crippen MR) is 66.2 cm³/mol. The Morgan fingerprint density at radius 3 is 2.73 bits per heavy atom. The molecule has 1 unspecified atom stereocenters. The number of carbonyl (C=O) groups is 1. The zero-order valence-corrected chi connectivity index (χ0v) is 11.2. The van der Waals surface area contributed by atoms with Crippen LogP contribution in [0.5, 0.6) is 0 Å². The van der Waals surface area contributed by atoms with Gasteiger partial charge in [0, 0.05) is 16.5 Å². The van der Waals surface area contributed by atoms with Gasteiger partial charge in [-0.25, -0.2) is 0 Å². The Morgan fingerprint density at radius 1 is 1.67 bits per heavy atom. The van der Waals surface area contributed by atoms with Crippen molar-refractivity contribution in [1.29, 1.82) is 0 Å². The summed E-state index contributed by atoms with van der Waals surface area (Å²) in [5.41, 5.74) is 0.350. The lowest BCUT2D eigenvalue weighted by Crippen LogP contribution is -2.39. The number of alkyl halides is 1. The molecule has 0 fully saturated rings. The van der Waals surface area contributed by atoms with Gasteiger partial charge in [0.2, 0.25) is 0 Å². The Balaban J connectivity index is 2.62. The van der Waals surface area contributed by atoms with Crippen LogP contribution in [0, 0.1) is 12.8 Å². The largest absolute Gasteiger partial charge is 0.361 e. The van der Waals surface area contributed by atoms with Crippen molar-refractivity contribution in [3.8, 4) is 0 Å². The number of amides is 1. The molecule has 5 heteroatoms. The van der Waals surface area contributed by atoms with Crippen molar-refractivity contribution >= 4 is 28.5 Å². The van der Waals surface area contributed by atoms with Gasteiger partial charge in [0.15, 0.2) is 5.69 Å². The predicted octanol–water partition coefficient (Wildman–Crippen LogP) is 2.17. The lowest BCUT2D eigenvalue weighted by atomic mass is 10.1. The molecule has 1 heterocycles. The van der Waals surface area contributed by atoms with Crippen LogP contribution in [0.2, 0.25) is 0 Å². The standard InChI is InChI=1S/C10H15IN2O2/c1-6(2)9(5-11)12-10(14)8-4-7(3)15-13-8/h4,6,9H,5H2,1-3H3,(H,12,14). The van der Waals surface area contributed by atoms with Crippen molar-refractivity contribution in [2.24, 2.45) is 5.92 Å². The fraction of sp³-hybridized carbons (Fsp3) is 0.600. The molecule has 0 saturated carbocycles. The number of hydrogen-bond acceptors (Lipinski definition) is 3. The second-order valence-electron chi connectivity index (χ2n) is 3.80. The lowest BCUT2D eigenvalue weighted by molar-refractivity contribution is 0.0923. The van der Waals surface area contributed by atoms with Crippen molar-refractivity contribution in [3.05, 3.63) is 17.5 Å². The molecule has 0 aliphatic carbocycles. The molecule has 4 nitrogen and oxygen atoms in total. The first-order valence-corrected chi connectivity index (χ1v) is 6.37. The molecule has 84 valence electrons. The molecule has 0 aliphatic rings. The summed E-state index contributed by atoms with van der Waals surface area (Å²) in [7, 11) is 0. The zero-order chi connectivity index (χ0) is 11.4. The molecule has 1 atom stereocenters. The van der Waals surface area contributed by atoms with E-state index in [2.05, 4.69) is 46.9 Å². The van der Waals surface area contributed by atoms with E-state index in [4.69, 9.17) is 4.52 Å². The first kappa shape index (κ1) is 12.5. The third-order valence-electron chi connectivity index (χ3n) is 2.15. The van der Waals surface area contributed by atoms with E-state index in [9.17, 15) is 4.79 Å². The van der Waals surface area contributed by atoms with Gasteiger partial charge in [0.05, 0.1) is 0 Å². The molecule has 0 bridgehead atoms. The molecule has 0 aromatic carbocycles. The molecule has 15 heavy (non-hydrogen) atoms. The van der Waals surface area contributed by atoms with Gasteiger partial charge < -0.3 is 9.84 Å². The molecule has 1 aromatic rings. The van der Waals surface area contributed by atoms with Crippen LogP contribution in [0.1, 0.15) is 30.1 Å². The summed E-state index contributed by atoms with van der Waals surface area (Å²) in [5, 5.41) is 6.60. The Hall–Kier alpha value is -0.590. The molecular weight excluding hydrogens is 307 g/mol. The summed E-state index contributed by atoms with van der Waals surface area (Å²) in [6.07, 6.45) is 0. The smallest absolute Gasteiger partial charge is 0.273 e. The SMILES string of the molecule is Cc1cc(C(=O)NC(CI)C(C)C)no1. The summed E-state index contributed by atoms with van der Waals surface area (Å²) >= 11 is 2.26. The minimum Gasteiger partial charge on any atom is -0.361 e. The maximum Gasteiger partial charge on any atom is 0.273 e. The normalized spacial score (nSPS) is 12.9. The van der Waals surface area contributed by atoms with Crippen LogP contribution in [0.15, 0.2) is 10.6 Å². The molecule has 0 aliphatic heterocycles. The van der Waals surface area contributed by atoms with E-state index in [1.54, 1.807) is 13.0 Å². The third-order valence-corrected chi connectivity index (χ3v) is 3.10. The van der Waals surface area contributed by atoms with Crippen LogP contribution in [-0.2, 0) is 0 Å². The van der Waals surface area contributed by atoms with Crippen molar-refractivity contribution in [2.45, 2.75) is 26.8 Å². The minimum atomic E-state index is -0.165. The van der Waals surface area contributed by atoms with Crippen LogP contribution in [0.3, 0.4) is 0 Å². The van der Waals surface area contributed by atoms with E-state index in [1.807, 2.05) is 0 Å². The first-order chi connectivity index (χ1) is 7.04. The van der Waals surface area contributed by atoms with E-state index < -0.39 is 0 Å². The molecule has 1 amide bonds. The summed E-state index contributed by atoms with van der Waals surface area (Å²) in [6.45, 7) is 5.93. The Labute approximate surface area is 103 Å². The number of carbonyl (C=O) groups excluding carboxylic acids is 1. The highest BCUT2D eigenvalue weighted by Gasteiger charge is 2.17. The third kappa shape index (κ3) is 3.48. The van der Waals surface area contributed by atoms with Crippen LogP contribution in [0.25, 0.3) is 0 Å². The maximum absolute atomic E-state index is 11.7. The van der Waals surface area contributed by atoms with Gasteiger partial charge in [0.1, 0.15) is 5.76 Å². The van der Waals surface area contributed by atoms with Crippen molar-refractivity contribution in [2.75, 3.05) is 4.43 Å². The highest BCUT2D eigenvalue weighted by Crippen LogP contribution is 2.07. The molecule has 1 N–H and O–H groups in total. The molecule has 0 radical (unpaired) electrons. The number of nitrogens with one attached hydrogen (secondary N) is 1. The maximum atomic E-state index is 11.7. The molecule has 1 rings (SSSR count). The highest BCUT2D eigenvalue weighted by atomic mass is 127. The highest BCUT2D eigenvalue weighted by molar-refractivity contribution is 14.1. The van der Waals surface area contributed by atoms with E-state index in [0.29, 0.717) is 17.4 Å². The van der Waals surface area contributed by atoms with Gasteiger partial charge >= 0.3 is 0 Å². The minimum absolute atomic E-state index is 0.165. The van der Waals surface area contributed by atoms with Crippen LogP contribution < -0.4 is 5.32 Å². The van der Waals surface area contributed by atoms with Gasteiger partial charge in [-0.3, -0.25) is 4.79 Å². The van der Waals surface area contributed by atoms with E-state index in [-0.39, 0.29) is 11.9 Å². The Bertz CT molecular complexity index is 336. The van der Waals surface area contributed by atoms with Gasteiger partial charge in [0.25, 0.3) is 5.91 Å². The summed E-state index contributed by atoms with van der Waals surface area (Å²) in [6, 6.07) is 1.81. The number of rotatable bonds is 4. The van der Waals surface area contributed by atoms with Crippen LogP contribution in [-0.4, -0.2) is 21.5 Å². The zero-order valence-electron chi connectivity index (χ0n) is 9.08. The molecule has 1 aromatic heterocycles. The average Bonchev–Trinajstić information content (AvgIpc) is 2.60. The number of halogens is 1. The monoisotopic (exact) mass is 322 g/mol. The lowest BCUT2D eigenvalue weighted by Gasteiger charge is -2.18. The van der Waals surface area contributed by atoms with E-state index in [1.165, 1.54) is 0 Å². The number of nitrogens with zero attached hydrogens (tertiary/aromatic N) is 1. The Morgan fingerprint density at radius 2 is 2.33 bits per heavy atom. The number of aromatic nitrogens is 1. The summed E-state index contributed by atoms with van der Waals surface area (Å²) in [4.78, 5) is 11.7. The van der Waals surface area contributed by atoms with E-state index in [0.717, 1.165) is 4.43 Å². The fourth-order valence-corrected chi connectivity index (χ4v) is 2.34. The number of hydrogen-bond donors (Lipinski definition) is 1. The quantitative estimate of drug-likeness (QED) is 0.683. The van der Waals surface area contributed by atoms with Gasteiger partial charge in [-0.1, -0.05) is 41.6 Å². The molecule has 0 spiro atoms. The summed E-state index contributed by atoms with van der Waals surface area (Å²) < 4.78 is 5.74. The fourth-order valence-electron chi connectivity index (χ4n) is 1.10.